The lowest BCUT2D eigenvalue weighted by Crippen LogP contribution is -2.38. The van der Waals surface area contributed by atoms with Gasteiger partial charge in [-0.1, -0.05) is 0 Å². The summed E-state index contributed by atoms with van der Waals surface area (Å²) in [6, 6.07) is 2.42. The highest BCUT2D eigenvalue weighted by atomic mass is 15.2. The minimum atomic E-state index is 0.549. The van der Waals surface area contributed by atoms with Gasteiger partial charge in [0.2, 0.25) is 0 Å². The zero-order valence-corrected chi connectivity index (χ0v) is 8.48. The third-order valence-corrected chi connectivity index (χ3v) is 2.77. The van der Waals surface area contributed by atoms with Gasteiger partial charge in [-0.05, 0) is 26.2 Å². The molecule has 1 aliphatic heterocycles. The number of nitrogen functional groups attached to an aromatic ring is 1. The SMILES string of the molecule is C[C@@H]1CCCCN1c1cc(N)ncn1. The zero-order chi connectivity index (χ0) is 9.97. The molecule has 1 aromatic heterocycles. The molecule has 2 N–H and O–H groups in total. The van der Waals surface area contributed by atoms with Crippen LogP contribution in [0.15, 0.2) is 12.4 Å². The maximum absolute atomic E-state index is 5.63. The fraction of sp³-hybridized carbons (Fsp3) is 0.600. The number of hydrogen-bond donors (Lipinski definition) is 1. The number of rotatable bonds is 1. The van der Waals surface area contributed by atoms with Crippen LogP contribution >= 0.6 is 0 Å². The van der Waals surface area contributed by atoms with Gasteiger partial charge in [0.1, 0.15) is 18.0 Å². The predicted molar refractivity (Wildman–Crippen MR) is 57.1 cm³/mol. The Labute approximate surface area is 84.2 Å². The largest absolute Gasteiger partial charge is 0.384 e. The molecule has 0 aromatic carbocycles. The highest BCUT2D eigenvalue weighted by molar-refractivity contribution is 5.46. The second-order valence-electron chi connectivity index (χ2n) is 3.84. The lowest BCUT2D eigenvalue weighted by Gasteiger charge is -2.34. The van der Waals surface area contributed by atoms with Crippen LogP contribution in [0.4, 0.5) is 11.6 Å². The standard InChI is InChI=1S/C10H16N4/c1-8-4-2-3-5-14(8)10-6-9(11)12-7-13-10/h6-8H,2-5H2,1H3,(H2,11,12,13)/t8-/m1/s1. The molecule has 0 amide bonds. The molecule has 4 nitrogen and oxygen atoms in total. The summed E-state index contributed by atoms with van der Waals surface area (Å²) in [7, 11) is 0. The van der Waals surface area contributed by atoms with Gasteiger partial charge in [0, 0.05) is 18.7 Å². The van der Waals surface area contributed by atoms with E-state index in [2.05, 4.69) is 21.8 Å². The Hall–Kier alpha value is -1.32. The lowest BCUT2D eigenvalue weighted by molar-refractivity contribution is 0.481. The number of anilines is 2. The molecule has 1 saturated heterocycles. The summed E-state index contributed by atoms with van der Waals surface area (Å²) >= 11 is 0. The van der Waals surface area contributed by atoms with Gasteiger partial charge >= 0.3 is 0 Å². The van der Waals surface area contributed by atoms with E-state index in [1.807, 2.05) is 6.07 Å². The Balaban J connectivity index is 2.20. The highest BCUT2D eigenvalue weighted by Crippen LogP contribution is 2.22. The molecule has 2 rings (SSSR count). The molecule has 0 saturated carbocycles. The van der Waals surface area contributed by atoms with Crippen molar-refractivity contribution >= 4 is 11.6 Å². The first-order valence-corrected chi connectivity index (χ1v) is 5.11. The maximum atomic E-state index is 5.63. The summed E-state index contributed by atoms with van der Waals surface area (Å²) in [6.07, 6.45) is 5.34. The van der Waals surface area contributed by atoms with Gasteiger partial charge in [-0.15, -0.1) is 0 Å². The molecule has 0 radical (unpaired) electrons. The first kappa shape index (κ1) is 9.24. The molecule has 76 valence electrons. The zero-order valence-electron chi connectivity index (χ0n) is 8.48. The summed E-state index contributed by atoms with van der Waals surface area (Å²) in [5.74, 6) is 1.51. The highest BCUT2D eigenvalue weighted by Gasteiger charge is 2.19. The van der Waals surface area contributed by atoms with Gasteiger partial charge in [0.05, 0.1) is 0 Å². The number of piperidine rings is 1. The molecule has 2 heterocycles. The Bertz CT molecular complexity index is 313. The van der Waals surface area contributed by atoms with Gasteiger partial charge in [0.25, 0.3) is 0 Å². The van der Waals surface area contributed by atoms with Crippen molar-refractivity contribution in [3.05, 3.63) is 12.4 Å². The van der Waals surface area contributed by atoms with Crippen molar-refractivity contribution in [1.29, 1.82) is 0 Å². The molecule has 1 aromatic rings. The summed E-state index contributed by atoms with van der Waals surface area (Å²) < 4.78 is 0. The van der Waals surface area contributed by atoms with Crippen LogP contribution in [0.1, 0.15) is 26.2 Å². The molecule has 0 aliphatic carbocycles. The van der Waals surface area contributed by atoms with E-state index in [0.717, 1.165) is 12.4 Å². The van der Waals surface area contributed by atoms with Crippen LogP contribution < -0.4 is 10.6 Å². The van der Waals surface area contributed by atoms with Gasteiger partial charge in [-0.2, -0.15) is 0 Å². The molecule has 0 spiro atoms. The van der Waals surface area contributed by atoms with Crippen molar-refractivity contribution in [1.82, 2.24) is 9.97 Å². The van der Waals surface area contributed by atoms with Crippen molar-refractivity contribution in [3.63, 3.8) is 0 Å². The monoisotopic (exact) mass is 192 g/mol. The number of hydrogen-bond acceptors (Lipinski definition) is 4. The lowest BCUT2D eigenvalue weighted by atomic mass is 10.0. The van der Waals surface area contributed by atoms with E-state index in [4.69, 9.17) is 5.73 Å². The van der Waals surface area contributed by atoms with Crippen molar-refractivity contribution in [3.8, 4) is 0 Å². The normalized spacial score (nSPS) is 22.4. The molecule has 1 aliphatic rings. The molecular weight excluding hydrogens is 176 g/mol. The minimum Gasteiger partial charge on any atom is -0.384 e. The average molecular weight is 192 g/mol. The molecular formula is C10H16N4. The van der Waals surface area contributed by atoms with E-state index in [-0.39, 0.29) is 0 Å². The quantitative estimate of drug-likeness (QED) is 0.731. The summed E-state index contributed by atoms with van der Waals surface area (Å²) in [6.45, 7) is 3.31. The Morgan fingerprint density at radius 1 is 1.43 bits per heavy atom. The number of aromatic nitrogens is 2. The van der Waals surface area contributed by atoms with E-state index in [1.165, 1.54) is 25.6 Å². The first-order valence-electron chi connectivity index (χ1n) is 5.11. The van der Waals surface area contributed by atoms with E-state index < -0.39 is 0 Å². The van der Waals surface area contributed by atoms with Crippen molar-refractivity contribution < 1.29 is 0 Å². The molecule has 14 heavy (non-hydrogen) atoms. The molecule has 1 atom stereocenters. The third-order valence-electron chi connectivity index (χ3n) is 2.77. The van der Waals surface area contributed by atoms with Crippen molar-refractivity contribution in [2.24, 2.45) is 0 Å². The fourth-order valence-electron chi connectivity index (χ4n) is 1.96. The van der Waals surface area contributed by atoms with Crippen LogP contribution in [0.3, 0.4) is 0 Å². The van der Waals surface area contributed by atoms with Gasteiger partial charge in [0.15, 0.2) is 0 Å². The van der Waals surface area contributed by atoms with Gasteiger partial charge < -0.3 is 10.6 Å². The summed E-state index contributed by atoms with van der Waals surface area (Å²) in [5, 5.41) is 0. The number of nitrogens with zero attached hydrogens (tertiary/aromatic N) is 3. The van der Waals surface area contributed by atoms with E-state index in [0.29, 0.717) is 11.9 Å². The van der Waals surface area contributed by atoms with Crippen molar-refractivity contribution in [2.75, 3.05) is 17.2 Å². The Morgan fingerprint density at radius 3 is 3.00 bits per heavy atom. The minimum absolute atomic E-state index is 0.549. The van der Waals surface area contributed by atoms with Crippen LogP contribution in [0.5, 0.6) is 0 Å². The third kappa shape index (κ3) is 1.78. The van der Waals surface area contributed by atoms with Gasteiger partial charge in [-0.3, -0.25) is 0 Å². The van der Waals surface area contributed by atoms with Crippen LogP contribution in [-0.2, 0) is 0 Å². The van der Waals surface area contributed by atoms with Crippen LogP contribution in [0.2, 0.25) is 0 Å². The molecule has 0 unspecified atom stereocenters. The van der Waals surface area contributed by atoms with Crippen LogP contribution in [-0.4, -0.2) is 22.6 Å². The van der Waals surface area contributed by atoms with E-state index in [1.54, 1.807) is 0 Å². The summed E-state index contributed by atoms with van der Waals surface area (Å²) in [5.41, 5.74) is 5.63. The predicted octanol–water partition coefficient (Wildman–Crippen LogP) is 1.44. The topological polar surface area (TPSA) is 55.0 Å². The Morgan fingerprint density at radius 2 is 2.29 bits per heavy atom. The fourth-order valence-corrected chi connectivity index (χ4v) is 1.96. The maximum Gasteiger partial charge on any atom is 0.134 e. The first-order chi connectivity index (χ1) is 6.77. The smallest absolute Gasteiger partial charge is 0.134 e. The van der Waals surface area contributed by atoms with E-state index in [9.17, 15) is 0 Å². The van der Waals surface area contributed by atoms with E-state index >= 15 is 0 Å². The van der Waals surface area contributed by atoms with Crippen LogP contribution in [0.25, 0.3) is 0 Å². The summed E-state index contributed by atoms with van der Waals surface area (Å²) in [4.78, 5) is 10.5. The second-order valence-corrected chi connectivity index (χ2v) is 3.84. The molecule has 4 heteroatoms. The van der Waals surface area contributed by atoms with Gasteiger partial charge in [-0.25, -0.2) is 9.97 Å². The average Bonchev–Trinajstić information content (AvgIpc) is 2.18. The molecule has 0 bridgehead atoms. The number of nitrogens with two attached hydrogens (primary N) is 1. The second kappa shape index (κ2) is 3.82. The Kier molecular flexibility index (Phi) is 2.52. The van der Waals surface area contributed by atoms with Crippen LogP contribution in [0, 0.1) is 0 Å². The molecule has 1 fully saturated rings. The van der Waals surface area contributed by atoms with Crippen molar-refractivity contribution in [2.45, 2.75) is 32.2 Å².